The van der Waals surface area contributed by atoms with Gasteiger partial charge >= 0.3 is 6.61 Å². The van der Waals surface area contributed by atoms with Crippen molar-refractivity contribution in [1.29, 1.82) is 0 Å². The maximum absolute atomic E-state index is 13.5. The van der Waals surface area contributed by atoms with E-state index in [0.29, 0.717) is 5.69 Å². The van der Waals surface area contributed by atoms with Gasteiger partial charge in [-0.2, -0.15) is 8.78 Å². The number of halogens is 3. The maximum atomic E-state index is 13.5. The summed E-state index contributed by atoms with van der Waals surface area (Å²) in [5.74, 6) is -0.442. The molecule has 106 valence electrons. The topological polar surface area (TPSA) is 21.3 Å². The van der Waals surface area contributed by atoms with E-state index in [4.69, 9.17) is 0 Å². The highest BCUT2D eigenvalue weighted by atomic mass is 19.3. The summed E-state index contributed by atoms with van der Waals surface area (Å²) < 4.78 is 41.6. The summed E-state index contributed by atoms with van der Waals surface area (Å²) >= 11 is 0. The average Bonchev–Trinajstić information content (AvgIpc) is 2.27. The molecule has 1 saturated carbocycles. The van der Waals surface area contributed by atoms with E-state index in [0.717, 1.165) is 12.3 Å². The Hall–Kier alpha value is -1.39. The van der Waals surface area contributed by atoms with Gasteiger partial charge in [0.05, 0.1) is 0 Å². The first-order valence-corrected chi connectivity index (χ1v) is 6.55. The van der Waals surface area contributed by atoms with Crippen LogP contribution in [-0.4, -0.2) is 12.7 Å². The van der Waals surface area contributed by atoms with E-state index in [-0.39, 0.29) is 6.04 Å². The first-order chi connectivity index (χ1) is 9.04. The van der Waals surface area contributed by atoms with Crippen LogP contribution in [0.25, 0.3) is 0 Å². The van der Waals surface area contributed by atoms with Crippen molar-refractivity contribution >= 4 is 5.69 Å². The Morgan fingerprint density at radius 1 is 1.37 bits per heavy atom. The number of rotatable bonds is 6. The van der Waals surface area contributed by atoms with E-state index in [9.17, 15) is 13.2 Å². The van der Waals surface area contributed by atoms with Gasteiger partial charge in [0.1, 0.15) is 0 Å². The van der Waals surface area contributed by atoms with E-state index in [1.165, 1.54) is 31.4 Å². The molecular weight excluding hydrogens is 255 g/mol. The number of ether oxygens (including phenoxy) is 1. The number of nitrogens with one attached hydrogen (secondary N) is 1. The third kappa shape index (κ3) is 4.04. The Balaban J connectivity index is 1.91. The Kier molecular flexibility index (Phi) is 4.56. The van der Waals surface area contributed by atoms with Crippen molar-refractivity contribution in [2.45, 2.75) is 45.3 Å². The lowest BCUT2D eigenvalue weighted by Gasteiger charge is -2.29. The molecular formula is C14H18F3NO. The van der Waals surface area contributed by atoms with Crippen LogP contribution in [0.15, 0.2) is 18.2 Å². The van der Waals surface area contributed by atoms with E-state index in [1.807, 2.05) is 6.92 Å². The predicted molar refractivity (Wildman–Crippen MR) is 68.1 cm³/mol. The molecule has 0 bridgehead atoms. The number of anilines is 1. The van der Waals surface area contributed by atoms with Gasteiger partial charge in [0.2, 0.25) is 0 Å². The lowest BCUT2D eigenvalue weighted by molar-refractivity contribution is -0.0521. The minimum absolute atomic E-state index is 0.242. The first kappa shape index (κ1) is 14.0. The largest absolute Gasteiger partial charge is 0.432 e. The van der Waals surface area contributed by atoms with Crippen molar-refractivity contribution in [3.05, 3.63) is 24.0 Å². The van der Waals surface area contributed by atoms with Crippen LogP contribution in [-0.2, 0) is 0 Å². The number of hydrogen-bond donors (Lipinski definition) is 1. The molecule has 1 unspecified atom stereocenters. The number of hydrogen-bond acceptors (Lipinski definition) is 2. The molecule has 1 aliphatic rings. The Bertz CT molecular complexity index is 421. The molecule has 19 heavy (non-hydrogen) atoms. The van der Waals surface area contributed by atoms with Crippen molar-refractivity contribution in [1.82, 2.24) is 0 Å². The van der Waals surface area contributed by atoms with Gasteiger partial charge in [0, 0.05) is 17.8 Å². The van der Waals surface area contributed by atoms with Gasteiger partial charge in [-0.15, -0.1) is 0 Å². The van der Waals surface area contributed by atoms with Gasteiger partial charge in [0.15, 0.2) is 11.6 Å². The first-order valence-electron chi connectivity index (χ1n) is 6.55. The molecule has 2 rings (SSSR count). The minimum Gasteiger partial charge on any atom is -0.432 e. The van der Waals surface area contributed by atoms with Crippen molar-refractivity contribution in [3.63, 3.8) is 0 Å². The van der Waals surface area contributed by atoms with Crippen molar-refractivity contribution in [2.24, 2.45) is 5.92 Å². The van der Waals surface area contributed by atoms with Gasteiger partial charge in [-0.1, -0.05) is 19.3 Å². The zero-order chi connectivity index (χ0) is 13.8. The fourth-order valence-electron chi connectivity index (χ4n) is 2.35. The number of alkyl halides is 2. The summed E-state index contributed by atoms with van der Waals surface area (Å²) in [4.78, 5) is 0. The third-order valence-corrected chi connectivity index (χ3v) is 3.47. The second-order valence-electron chi connectivity index (χ2n) is 5.10. The minimum atomic E-state index is -3.01. The molecule has 1 aromatic rings. The molecule has 1 fully saturated rings. The molecule has 0 amide bonds. The molecule has 2 nitrogen and oxygen atoms in total. The zero-order valence-corrected chi connectivity index (χ0v) is 10.8. The van der Waals surface area contributed by atoms with Crippen LogP contribution >= 0.6 is 0 Å². The lowest BCUT2D eigenvalue weighted by atomic mass is 9.81. The zero-order valence-electron chi connectivity index (χ0n) is 10.8. The van der Waals surface area contributed by atoms with Gasteiger partial charge in [0.25, 0.3) is 0 Å². The van der Waals surface area contributed by atoms with E-state index in [1.54, 1.807) is 6.07 Å². The van der Waals surface area contributed by atoms with Crippen molar-refractivity contribution in [2.75, 3.05) is 5.32 Å². The summed E-state index contributed by atoms with van der Waals surface area (Å²) in [6.45, 7) is -0.967. The van der Waals surface area contributed by atoms with Crippen molar-refractivity contribution in [3.8, 4) is 5.75 Å². The standard InChI is InChI=1S/C14H18F3NO/c1-9(7-10-3-2-4-10)18-11-5-6-13(12(15)8-11)19-14(16)17/h5-6,8-10,14,18H,2-4,7H2,1H3. The molecule has 1 atom stereocenters. The second-order valence-corrected chi connectivity index (χ2v) is 5.10. The molecule has 0 saturated heterocycles. The predicted octanol–water partition coefficient (Wildman–Crippen LogP) is 4.42. The molecule has 1 N–H and O–H groups in total. The lowest BCUT2D eigenvalue weighted by Crippen LogP contribution is -2.23. The number of benzene rings is 1. The molecule has 1 aromatic carbocycles. The summed E-state index contributed by atoms with van der Waals surface area (Å²) in [6, 6.07) is 4.21. The van der Waals surface area contributed by atoms with Gasteiger partial charge < -0.3 is 10.1 Å². The van der Waals surface area contributed by atoms with Gasteiger partial charge in [-0.05, 0) is 31.4 Å². The van der Waals surface area contributed by atoms with Crippen LogP contribution in [0.5, 0.6) is 5.75 Å². The fourth-order valence-corrected chi connectivity index (χ4v) is 2.35. The van der Waals surface area contributed by atoms with Crippen molar-refractivity contribution < 1.29 is 17.9 Å². The third-order valence-electron chi connectivity index (χ3n) is 3.47. The van der Waals surface area contributed by atoms with E-state index >= 15 is 0 Å². The van der Waals surface area contributed by atoms with E-state index < -0.39 is 18.2 Å². The molecule has 0 radical (unpaired) electrons. The Labute approximate surface area is 111 Å². The summed E-state index contributed by atoms with van der Waals surface area (Å²) in [6.07, 6.45) is 4.88. The molecule has 0 aromatic heterocycles. The molecule has 1 aliphatic carbocycles. The van der Waals surface area contributed by atoms with Crippen LogP contribution in [0, 0.1) is 11.7 Å². The SMILES string of the molecule is CC(CC1CCC1)Nc1ccc(OC(F)F)c(F)c1. The van der Waals surface area contributed by atoms with E-state index in [2.05, 4.69) is 10.1 Å². The molecule has 0 aliphatic heterocycles. The van der Waals surface area contributed by atoms with Crippen LogP contribution in [0.3, 0.4) is 0 Å². The second kappa shape index (κ2) is 6.17. The monoisotopic (exact) mass is 273 g/mol. The van der Waals surface area contributed by atoms with Crippen LogP contribution < -0.4 is 10.1 Å². The Morgan fingerprint density at radius 2 is 2.11 bits per heavy atom. The molecule has 5 heteroatoms. The van der Waals surface area contributed by atoms with Gasteiger partial charge in [-0.3, -0.25) is 0 Å². The summed E-state index contributed by atoms with van der Waals surface area (Å²) in [7, 11) is 0. The maximum Gasteiger partial charge on any atom is 0.387 e. The fraction of sp³-hybridized carbons (Fsp3) is 0.571. The molecule has 0 spiro atoms. The van der Waals surface area contributed by atoms with Crippen LogP contribution in [0.1, 0.15) is 32.6 Å². The highest BCUT2D eigenvalue weighted by molar-refractivity contribution is 5.47. The van der Waals surface area contributed by atoms with Gasteiger partial charge in [-0.25, -0.2) is 4.39 Å². The Morgan fingerprint density at radius 3 is 2.63 bits per heavy atom. The highest BCUT2D eigenvalue weighted by Gasteiger charge is 2.20. The normalized spacial score (nSPS) is 17.1. The smallest absolute Gasteiger partial charge is 0.387 e. The van der Waals surface area contributed by atoms with Crippen LogP contribution in [0.4, 0.5) is 18.9 Å². The highest BCUT2D eigenvalue weighted by Crippen LogP contribution is 2.31. The molecule has 0 heterocycles. The summed E-state index contributed by atoms with van der Waals surface area (Å²) in [5.41, 5.74) is 0.589. The average molecular weight is 273 g/mol. The quantitative estimate of drug-likeness (QED) is 0.828. The summed E-state index contributed by atoms with van der Waals surface area (Å²) in [5, 5.41) is 3.18. The van der Waals surface area contributed by atoms with Crippen LogP contribution in [0.2, 0.25) is 0 Å².